The molecule has 2 heteroatoms. The average molecular weight is 236 g/mol. The first-order valence-corrected chi connectivity index (χ1v) is 6.28. The summed E-state index contributed by atoms with van der Waals surface area (Å²) in [5.41, 5.74) is 9.45. The fourth-order valence-electron chi connectivity index (χ4n) is 2.90. The maximum Gasteiger partial charge on any atom is 0.115 e. The maximum absolute atomic E-state index is 6.26. The monoisotopic (exact) mass is 236 g/mol. The summed E-state index contributed by atoms with van der Waals surface area (Å²) < 4.78 is 0. The second kappa shape index (κ2) is 3.98. The molecule has 1 aliphatic rings. The second-order valence-electron chi connectivity index (χ2n) is 4.64. The Kier molecular flexibility index (Phi) is 2.44. The van der Waals surface area contributed by atoms with Crippen LogP contribution in [-0.2, 0) is 5.41 Å². The van der Waals surface area contributed by atoms with Gasteiger partial charge in [-0.05, 0) is 23.6 Å². The predicted octanol–water partition coefficient (Wildman–Crippen LogP) is 3.39. The van der Waals surface area contributed by atoms with Crippen molar-refractivity contribution >= 4 is 11.5 Å². The van der Waals surface area contributed by atoms with Crippen LogP contribution in [0.1, 0.15) is 24.5 Å². The topological polar surface area (TPSA) is 38.4 Å². The van der Waals surface area contributed by atoms with E-state index < -0.39 is 0 Å². The molecule has 0 saturated heterocycles. The first-order valence-electron chi connectivity index (χ1n) is 6.28. The summed E-state index contributed by atoms with van der Waals surface area (Å²) in [6.45, 7) is 2.16. The lowest BCUT2D eigenvalue weighted by molar-refractivity contribution is 0.667. The minimum atomic E-state index is -0.252. The first-order chi connectivity index (χ1) is 8.79. The van der Waals surface area contributed by atoms with Gasteiger partial charge in [0.05, 0.1) is 11.1 Å². The van der Waals surface area contributed by atoms with Crippen molar-refractivity contribution in [2.45, 2.75) is 18.8 Å². The Morgan fingerprint density at radius 1 is 1.00 bits per heavy atom. The summed E-state index contributed by atoms with van der Waals surface area (Å²) in [5, 5.41) is 0. The third-order valence-corrected chi connectivity index (χ3v) is 3.84. The van der Waals surface area contributed by atoms with Crippen LogP contribution < -0.4 is 5.73 Å². The zero-order valence-electron chi connectivity index (χ0n) is 10.4. The molecular weight excluding hydrogens is 220 g/mol. The molecule has 0 aromatic heterocycles. The fourth-order valence-corrected chi connectivity index (χ4v) is 2.90. The molecule has 3 rings (SSSR count). The fraction of sp³-hybridized carbons (Fsp3) is 0.188. The molecular formula is C16H16N2. The summed E-state index contributed by atoms with van der Waals surface area (Å²) in [4.78, 5) is 4.55. The van der Waals surface area contributed by atoms with Crippen LogP contribution in [0.4, 0.5) is 5.69 Å². The zero-order valence-corrected chi connectivity index (χ0v) is 10.4. The Bertz CT molecular complexity index is 602. The lowest BCUT2D eigenvalue weighted by atomic mass is 9.72. The van der Waals surface area contributed by atoms with Gasteiger partial charge in [0.1, 0.15) is 5.84 Å². The minimum Gasteiger partial charge on any atom is -0.386 e. The highest BCUT2D eigenvalue weighted by Gasteiger charge is 2.42. The summed E-state index contributed by atoms with van der Waals surface area (Å²) in [6.07, 6.45) is 0.920. The molecule has 0 radical (unpaired) electrons. The van der Waals surface area contributed by atoms with Crippen LogP contribution in [0.5, 0.6) is 0 Å². The van der Waals surface area contributed by atoms with Crippen molar-refractivity contribution in [3.63, 3.8) is 0 Å². The minimum absolute atomic E-state index is 0.252. The van der Waals surface area contributed by atoms with Gasteiger partial charge in [-0.3, -0.25) is 0 Å². The van der Waals surface area contributed by atoms with Crippen LogP contribution in [0.25, 0.3) is 0 Å². The van der Waals surface area contributed by atoms with Crippen LogP contribution in [0.2, 0.25) is 0 Å². The Labute approximate surface area is 107 Å². The number of nitrogens with two attached hydrogens (primary N) is 1. The van der Waals surface area contributed by atoms with Crippen LogP contribution in [-0.4, -0.2) is 5.84 Å². The van der Waals surface area contributed by atoms with E-state index in [1.807, 2.05) is 18.2 Å². The van der Waals surface area contributed by atoms with E-state index in [9.17, 15) is 0 Å². The number of para-hydroxylation sites is 1. The lowest BCUT2D eigenvalue weighted by Gasteiger charge is -2.29. The molecule has 2 nitrogen and oxygen atoms in total. The van der Waals surface area contributed by atoms with E-state index in [2.05, 4.69) is 48.3 Å². The van der Waals surface area contributed by atoms with E-state index in [0.717, 1.165) is 12.1 Å². The van der Waals surface area contributed by atoms with Crippen molar-refractivity contribution < 1.29 is 0 Å². The molecule has 2 N–H and O–H groups in total. The Morgan fingerprint density at radius 3 is 2.39 bits per heavy atom. The molecule has 18 heavy (non-hydrogen) atoms. The lowest BCUT2D eigenvalue weighted by Crippen LogP contribution is -2.39. The summed E-state index contributed by atoms with van der Waals surface area (Å²) in [7, 11) is 0. The molecule has 1 atom stereocenters. The van der Waals surface area contributed by atoms with Crippen molar-refractivity contribution in [1.29, 1.82) is 0 Å². The highest BCUT2D eigenvalue weighted by molar-refractivity contribution is 6.02. The van der Waals surface area contributed by atoms with Gasteiger partial charge in [-0.2, -0.15) is 0 Å². The Balaban J connectivity index is 2.28. The number of benzene rings is 2. The second-order valence-corrected chi connectivity index (χ2v) is 4.64. The Hall–Kier alpha value is -2.09. The van der Waals surface area contributed by atoms with E-state index in [0.29, 0.717) is 5.84 Å². The van der Waals surface area contributed by atoms with E-state index >= 15 is 0 Å². The van der Waals surface area contributed by atoms with Gasteiger partial charge in [-0.15, -0.1) is 0 Å². The van der Waals surface area contributed by atoms with Crippen LogP contribution in [0.3, 0.4) is 0 Å². The third kappa shape index (κ3) is 1.32. The molecule has 0 fully saturated rings. The van der Waals surface area contributed by atoms with E-state index in [4.69, 9.17) is 5.73 Å². The van der Waals surface area contributed by atoms with Crippen molar-refractivity contribution in [2.75, 3.05) is 0 Å². The standard InChI is InChI=1S/C16H16N2/c1-2-16(12-8-4-3-5-9-12)13-10-6-7-11-14(13)18-15(16)17/h3-11H,2H2,1H3,(H2,17,18)/t16-/m1/s1. The van der Waals surface area contributed by atoms with Gasteiger partial charge in [0.15, 0.2) is 0 Å². The highest BCUT2D eigenvalue weighted by Crippen LogP contribution is 2.45. The first kappa shape index (κ1) is 11.0. The van der Waals surface area contributed by atoms with Crippen molar-refractivity contribution in [1.82, 2.24) is 0 Å². The largest absolute Gasteiger partial charge is 0.386 e. The van der Waals surface area contributed by atoms with Gasteiger partial charge in [0.2, 0.25) is 0 Å². The smallest absolute Gasteiger partial charge is 0.115 e. The highest BCUT2D eigenvalue weighted by atomic mass is 14.9. The molecule has 0 unspecified atom stereocenters. The number of hydrogen-bond donors (Lipinski definition) is 1. The van der Waals surface area contributed by atoms with Gasteiger partial charge >= 0.3 is 0 Å². The van der Waals surface area contributed by atoms with Gasteiger partial charge in [0.25, 0.3) is 0 Å². The molecule has 1 aliphatic heterocycles. The average Bonchev–Trinajstić information content (AvgIpc) is 2.72. The van der Waals surface area contributed by atoms with Gasteiger partial charge in [-0.25, -0.2) is 4.99 Å². The maximum atomic E-state index is 6.26. The molecule has 2 aromatic carbocycles. The normalized spacial score (nSPS) is 21.5. The molecule has 1 heterocycles. The predicted molar refractivity (Wildman–Crippen MR) is 75.2 cm³/mol. The van der Waals surface area contributed by atoms with E-state index in [1.165, 1.54) is 11.1 Å². The molecule has 0 aliphatic carbocycles. The van der Waals surface area contributed by atoms with E-state index in [-0.39, 0.29) is 5.41 Å². The van der Waals surface area contributed by atoms with Crippen molar-refractivity contribution in [2.24, 2.45) is 10.7 Å². The van der Waals surface area contributed by atoms with Crippen LogP contribution in [0, 0.1) is 0 Å². The number of rotatable bonds is 2. The number of hydrogen-bond acceptors (Lipinski definition) is 2. The van der Waals surface area contributed by atoms with Crippen molar-refractivity contribution in [3.8, 4) is 0 Å². The number of nitrogens with zero attached hydrogens (tertiary/aromatic N) is 1. The molecule has 90 valence electrons. The summed E-state index contributed by atoms with van der Waals surface area (Å²) in [6, 6.07) is 18.6. The van der Waals surface area contributed by atoms with Gasteiger partial charge in [0, 0.05) is 0 Å². The van der Waals surface area contributed by atoms with Crippen molar-refractivity contribution in [3.05, 3.63) is 65.7 Å². The molecule has 0 spiro atoms. The zero-order chi connectivity index (χ0) is 12.6. The third-order valence-electron chi connectivity index (χ3n) is 3.84. The number of amidine groups is 1. The Morgan fingerprint density at radius 2 is 1.67 bits per heavy atom. The van der Waals surface area contributed by atoms with Gasteiger partial charge < -0.3 is 5.73 Å². The number of aliphatic imine (C=N–C) groups is 1. The van der Waals surface area contributed by atoms with Crippen LogP contribution in [0.15, 0.2) is 59.6 Å². The number of fused-ring (bicyclic) bond motifs is 1. The molecule has 0 bridgehead atoms. The summed E-state index contributed by atoms with van der Waals surface area (Å²) >= 11 is 0. The van der Waals surface area contributed by atoms with Gasteiger partial charge in [-0.1, -0.05) is 55.5 Å². The van der Waals surface area contributed by atoms with Crippen LogP contribution >= 0.6 is 0 Å². The SMILES string of the molecule is CC[C@]1(c2ccccc2)C(N)=Nc2ccccc21. The molecule has 2 aromatic rings. The summed E-state index contributed by atoms with van der Waals surface area (Å²) in [5.74, 6) is 0.706. The molecule has 0 amide bonds. The molecule has 0 saturated carbocycles. The quantitative estimate of drug-likeness (QED) is 0.852. The van der Waals surface area contributed by atoms with E-state index in [1.54, 1.807) is 0 Å².